The number of aromatic nitrogens is 3. The molecule has 0 unspecified atom stereocenters. The third kappa shape index (κ3) is 5.85. The maximum absolute atomic E-state index is 5.42. The average Bonchev–Trinajstić information content (AvgIpc) is 3.84. The van der Waals surface area contributed by atoms with Gasteiger partial charge in [0.15, 0.2) is 5.82 Å². The maximum atomic E-state index is 5.42. The molecule has 0 N–H and O–H groups in total. The SMILES string of the molecule is CC1(C)c2ccccc2-c2cc(-c3ccc4c5ccccc5c5cc6c(cc5c4c3)c3cc(-c4ccc5ccccc5c4)ccc3n6-c3cc(-c4ccccc4)nc(-c4ccccc4)n3)ccc21. The Labute approximate surface area is 394 Å². The molecule has 0 amide bonds. The number of benzene rings is 11. The maximum Gasteiger partial charge on any atom is 0.162 e. The normalized spacial score (nSPS) is 13.0. The van der Waals surface area contributed by atoms with Gasteiger partial charge in [-0.15, -0.1) is 0 Å². The Balaban J connectivity index is 1.06. The Morgan fingerprint density at radius 2 is 0.882 bits per heavy atom. The van der Waals surface area contributed by atoms with E-state index in [-0.39, 0.29) is 5.41 Å². The van der Waals surface area contributed by atoms with Crippen molar-refractivity contribution in [1.82, 2.24) is 14.5 Å². The lowest BCUT2D eigenvalue weighted by molar-refractivity contribution is 0.660. The molecule has 2 heterocycles. The number of hydrogen-bond donors (Lipinski definition) is 0. The second-order valence-corrected chi connectivity index (χ2v) is 18.9. The first kappa shape index (κ1) is 38.6. The summed E-state index contributed by atoms with van der Waals surface area (Å²) in [4.78, 5) is 10.6. The van der Waals surface area contributed by atoms with Crippen LogP contribution < -0.4 is 0 Å². The van der Waals surface area contributed by atoms with E-state index in [1.807, 2.05) is 6.07 Å². The van der Waals surface area contributed by atoms with Gasteiger partial charge in [0.05, 0.1) is 16.7 Å². The minimum absolute atomic E-state index is 0.0420. The van der Waals surface area contributed by atoms with Gasteiger partial charge in [-0.1, -0.05) is 190 Å². The molecule has 0 saturated carbocycles. The van der Waals surface area contributed by atoms with Crippen LogP contribution in [0.2, 0.25) is 0 Å². The summed E-state index contributed by atoms with van der Waals surface area (Å²) in [7, 11) is 0. The molecule has 318 valence electrons. The van der Waals surface area contributed by atoms with Crippen molar-refractivity contribution in [1.29, 1.82) is 0 Å². The van der Waals surface area contributed by atoms with Crippen molar-refractivity contribution in [3.63, 3.8) is 0 Å². The third-order valence-corrected chi connectivity index (χ3v) is 14.8. The molecule has 3 heteroatoms. The van der Waals surface area contributed by atoms with Crippen LogP contribution in [0.1, 0.15) is 25.0 Å². The van der Waals surface area contributed by atoms with Crippen molar-refractivity contribution in [2.24, 2.45) is 0 Å². The molecular formula is C65H43N3. The van der Waals surface area contributed by atoms with E-state index in [2.05, 4.69) is 237 Å². The van der Waals surface area contributed by atoms with Crippen LogP contribution in [0.15, 0.2) is 224 Å². The number of rotatable bonds is 5. The van der Waals surface area contributed by atoms with Gasteiger partial charge in [-0.2, -0.15) is 0 Å². The number of hydrogen-bond acceptors (Lipinski definition) is 2. The molecular weight excluding hydrogens is 823 g/mol. The van der Waals surface area contributed by atoms with Crippen LogP contribution in [-0.2, 0) is 5.41 Å². The van der Waals surface area contributed by atoms with Crippen LogP contribution >= 0.6 is 0 Å². The average molecular weight is 866 g/mol. The lowest BCUT2D eigenvalue weighted by atomic mass is 9.82. The molecule has 14 rings (SSSR count). The van der Waals surface area contributed by atoms with Gasteiger partial charge in [0.1, 0.15) is 5.82 Å². The lowest BCUT2D eigenvalue weighted by Gasteiger charge is -2.21. The number of nitrogens with zero attached hydrogens (tertiary/aromatic N) is 3. The largest absolute Gasteiger partial charge is 0.294 e. The first-order chi connectivity index (χ1) is 33.4. The zero-order valence-electron chi connectivity index (χ0n) is 37.7. The fourth-order valence-electron chi connectivity index (χ4n) is 11.4. The summed E-state index contributed by atoms with van der Waals surface area (Å²) >= 11 is 0. The fraction of sp³-hybridized carbons (Fsp3) is 0.0462. The van der Waals surface area contributed by atoms with Gasteiger partial charge in [0.2, 0.25) is 0 Å². The van der Waals surface area contributed by atoms with Crippen molar-refractivity contribution < 1.29 is 0 Å². The third-order valence-electron chi connectivity index (χ3n) is 14.8. The highest BCUT2D eigenvalue weighted by Gasteiger charge is 2.35. The second-order valence-electron chi connectivity index (χ2n) is 18.9. The minimum Gasteiger partial charge on any atom is -0.294 e. The quantitative estimate of drug-likeness (QED) is 0.161. The lowest BCUT2D eigenvalue weighted by Crippen LogP contribution is -2.14. The van der Waals surface area contributed by atoms with Crippen molar-refractivity contribution in [2.75, 3.05) is 0 Å². The van der Waals surface area contributed by atoms with E-state index in [1.54, 1.807) is 0 Å². The van der Waals surface area contributed by atoms with Crippen LogP contribution in [0, 0.1) is 0 Å². The van der Waals surface area contributed by atoms with E-state index in [1.165, 1.54) is 98.4 Å². The fourth-order valence-corrected chi connectivity index (χ4v) is 11.4. The summed E-state index contributed by atoms with van der Waals surface area (Å²) in [5, 5.41) is 12.2. The summed E-state index contributed by atoms with van der Waals surface area (Å²) in [5.41, 5.74) is 15.3. The van der Waals surface area contributed by atoms with E-state index in [4.69, 9.17) is 9.97 Å². The molecule has 68 heavy (non-hydrogen) atoms. The number of fused-ring (bicyclic) bond motifs is 13. The topological polar surface area (TPSA) is 30.7 Å². The Morgan fingerprint density at radius 3 is 1.71 bits per heavy atom. The molecule has 13 aromatic rings. The van der Waals surface area contributed by atoms with Crippen LogP contribution in [-0.4, -0.2) is 14.5 Å². The molecule has 0 saturated heterocycles. The van der Waals surface area contributed by atoms with Crippen LogP contribution in [0.5, 0.6) is 0 Å². The molecule has 0 radical (unpaired) electrons. The van der Waals surface area contributed by atoms with Crippen molar-refractivity contribution in [3.05, 3.63) is 236 Å². The van der Waals surface area contributed by atoms with Crippen molar-refractivity contribution in [3.8, 4) is 61.8 Å². The molecule has 0 atom stereocenters. The summed E-state index contributed by atoms with van der Waals surface area (Å²) in [5.74, 6) is 1.51. The standard InChI is InChI=1S/C65H43N3/c1-65(2)58-24-14-13-23-51(58)55-35-46(28-31-59(55)65)45-27-30-50-48-21-11-12-22-49(48)54-38-62-57(37-53(54)52(50)34-45)56-36-47(44-26-25-40-15-9-10-20-43(40)33-44)29-32-61(56)68(62)63-39-60(41-16-5-3-6-17-41)66-64(67-63)42-18-7-4-8-19-42/h3-39H,1-2H3. The second kappa shape index (κ2) is 14.7. The van der Waals surface area contributed by atoms with Crippen LogP contribution in [0.25, 0.3) is 127 Å². The smallest absolute Gasteiger partial charge is 0.162 e. The van der Waals surface area contributed by atoms with Crippen LogP contribution in [0.4, 0.5) is 0 Å². The Hall–Kier alpha value is -8.66. The van der Waals surface area contributed by atoms with E-state index in [0.29, 0.717) is 5.82 Å². The van der Waals surface area contributed by atoms with Gasteiger partial charge in [0, 0.05) is 33.4 Å². The zero-order chi connectivity index (χ0) is 45.1. The van der Waals surface area contributed by atoms with Gasteiger partial charge in [-0.05, 0) is 130 Å². The van der Waals surface area contributed by atoms with Crippen molar-refractivity contribution in [2.45, 2.75) is 19.3 Å². The highest BCUT2D eigenvalue weighted by Crippen LogP contribution is 2.50. The van der Waals surface area contributed by atoms with E-state index in [0.717, 1.165) is 33.7 Å². The predicted molar refractivity (Wildman–Crippen MR) is 286 cm³/mol. The Bertz CT molecular complexity index is 4160. The summed E-state index contributed by atoms with van der Waals surface area (Å²) < 4.78 is 2.37. The molecule has 3 nitrogen and oxygen atoms in total. The summed E-state index contributed by atoms with van der Waals surface area (Å²) in [6.07, 6.45) is 0. The molecule has 11 aromatic carbocycles. The van der Waals surface area contributed by atoms with E-state index in [9.17, 15) is 0 Å². The highest BCUT2D eigenvalue weighted by atomic mass is 15.1. The van der Waals surface area contributed by atoms with Crippen LogP contribution in [0.3, 0.4) is 0 Å². The molecule has 1 aliphatic carbocycles. The molecule has 2 aromatic heterocycles. The molecule has 0 fully saturated rings. The molecule has 0 aliphatic heterocycles. The van der Waals surface area contributed by atoms with Gasteiger partial charge >= 0.3 is 0 Å². The van der Waals surface area contributed by atoms with Gasteiger partial charge in [-0.25, -0.2) is 9.97 Å². The van der Waals surface area contributed by atoms with E-state index < -0.39 is 0 Å². The Morgan fingerprint density at radius 1 is 0.324 bits per heavy atom. The monoisotopic (exact) mass is 865 g/mol. The summed E-state index contributed by atoms with van der Waals surface area (Å²) in [6, 6.07) is 82.2. The van der Waals surface area contributed by atoms with Gasteiger partial charge in [-0.3, -0.25) is 4.57 Å². The zero-order valence-corrected chi connectivity index (χ0v) is 37.7. The molecule has 0 spiro atoms. The minimum atomic E-state index is -0.0420. The van der Waals surface area contributed by atoms with Crippen molar-refractivity contribution >= 4 is 64.9 Å². The van der Waals surface area contributed by atoms with Gasteiger partial charge in [0.25, 0.3) is 0 Å². The highest BCUT2D eigenvalue weighted by molar-refractivity contribution is 6.29. The van der Waals surface area contributed by atoms with E-state index >= 15 is 0 Å². The first-order valence-electron chi connectivity index (χ1n) is 23.6. The first-order valence-corrected chi connectivity index (χ1v) is 23.6. The summed E-state index contributed by atoms with van der Waals surface area (Å²) in [6.45, 7) is 4.70. The molecule has 0 bridgehead atoms. The van der Waals surface area contributed by atoms with Gasteiger partial charge < -0.3 is 0 Å². The Kier molecular flexibility index (Phi) is 8.33. The predicted octanol–water partition coefficient (Wildman–Crippen LogP) is 17.2. The molecule has 1 aliphatic rings.